The fourth-order valence-corrected chi connectivity index (χ4v) is 3.07. The minimum Gasteiger partial charge on any atom is -0.462 e. The third-order valence-electron chi connectivity index (χ3n) is 4.13. The van der Waals surface area contributed by atoms with Gasteiger partial charge < -0.3 is 9.47 Å². The van der Waals surface area contributed by atoms with Crippen LogP contribution in [0.3, 0.4) is 0 Å². The molecule has 0 heterocycles. The lowest BCUT2D eigenvalue weighted by molar-refractivity contribution is 0.0414. The molecular formula is C19H25ClO4. The highest BCUT2D eigenvalue weighted by molar-refractivity contribution is 6.20. The highest BCUT2D eigenvalue weighted by Crippen LogP contribution is 2.29. The predicted molar refractivity (Wildman–Crippen MR) is 93.4 cm³/mol. The maximum Gasteiger partial charge on any atom is 0.338 e. The molecule has 2 atom stereocenters. The number of ether oxygens (including phenoxy) is 2. The second-order valence-electron chi connectivity index (χ2n) is 6.73. The molecule has 1 aromatic carbocycles. The number of esters is 2. The van der Waals surface area contributed by atoms with Crippen LogP contribution in [0.2, 0.25) is 0 Å². The molecule has 1 saturated carbocycles. The van der Waals surface area contributed by atoms with E-state index in [9.17, 15) is 9.59 Å². The van der Waals surface area contributed by atoms with Gasteiger partial charge in [0.15, 0.2) is 0 Å². The molecule has 24 heavy (non-hydrogen) atoms. The first-order valence-electron chi connectivity index (χ1n) is 8.55. The summed E-state index contributed by atoms with van der Waals surface area (Å²) in [6.07, 6.45) is 4.23. The molecule has 1 aliphatic carbocycles. The van der Waals surface area contributed by atoms with Crippen LogP contribution >= 0.6 is 11.6 Å². The Hall–Kier alpha value is -1.55. The van der Waals surface area contributed by atoms with E-state index in [1.54, 1.807) is 18.2 Å². The highest BCUT2D eigenvalue weighted by atomic mass is 35.5. The molecule has 0 aromatic heterocycles. The molecule has 1 fully saturated rings. The van der Waals surface area contributed by atoms with Crippen molar-refractivity contribution in [3.8, 4) is 0 Å². The standard InChI is InChI=1S/C19H25ClO4/c1-13(2)11-23-18(21)14-7-5-8-15(10-14)19(22)24-12-16-6-3-4-9-17(16)20/h5,7-8,10,13,16-17H,3-4,6,9,11-12H2,1-2H3. The van der Waals surface area contributed by atoms with Crippen molar-refractivity contribution in [2.75, 3.05) is 13.2 Å². The molecular weight excluding hydrogens is 328 g/mol. The quantitative estimate of drug-likeness (QED) is 0.560. The van der Waals surface area contributed by atoms with E-state index in [1.165, 1.54) is 6.07 Å². The highest BCUT2D eigenvalue weighted by Gasteiger charge is 2.24. The summed E-state index contributed by atoms with van der Waals surface area (Å²) in [4.78, 5) is 24.2. The predicted octanol–water partition coefficient (Wildman–Crippen LogP) is 4.45. The van der Waals surface area contributed by atoms with Gasteiger partial charge in [0, 0.05) is 11.3 Å². The van der Waals surface area contributed by atoms with Crippen LogP contribution in [0.5, 0.6) is 0 Å². The van der Waals surface area contributed by atoms with Crippen molar-refractivity contribution in [2.24, 2.45) is 11.8 Å². The Labute approximate surface area is 148 Å². The molecule has 132 valence electrons. The molecule has 0 N–H and O–H groups in total. The average molecular weight is 353 g/mol. The van der Waals surface area contributed by atoms with Crippen LogP contribution in [0, 0.1) is 11.8 Å². The van der Waals surface area contributed by atoms with Crippen molar-refractivity contribution in [2.45, 2.75) is 44.9 Å². The Morgan fingerprint density at radius 2 is 1.75 bits per heavy atom. The van der Waals surface area contributed by atoms with Gasteiger partial charge in [-0.05, 0) is 37.0 Å². The normalized spacial score (nSPS) is 20.7. The van der Waals surface area contributed by atoms with Gasteiger partial charge in [-0.25, -0.2) is 9.59 Å². The van der Waals surface area contributed by atoms with E-state index in [4.69, 9.17) is 21.1 Å². The SMILES string of the molecule is CC(C)COC(=O)c1cccc(C(=O)OCC2CCCCC2Cl)c1. The molecule has 1 aromatic rings. The van der Waals surface area contributed by atoms with Crippen molar-refractivity contribution in [3.63, 3.8) is 0 Å². The van der Waals surface area contributed by atoms with Gasteiger partial charge in [0.2, 0.25) is 0 Å². The Morgan fingerprint density at radius 1 is 1.12 bits per heavy atom. The van der Waals surface area contributed by atoms with Gasteiger partial charge in [-0.1, -0.05) is 32.8 Å². The van der Waals surface area contributed by atoms with Gasteiger partial charge in [-0.15, -0.1) is 11.6 Å². The molecule has 0 amide bonds. The van der Waals surface area contributed by atoms with Gasteiger partial charge >= 0.3 is 11.9 Å². The number of benzene rings is 1. The molecule has 1 aliphatic rings. The number of halogens is 1. The largest absolute Gasteiger partial charge is 0.462 e. The summed E-state index contributed by atoms with van der Waals surface area (Å²) in [7, 11) is 0. The van der Waals surface area contributed by atoms with E-state index in [1.807, 2.05) is 13.8 Å². The maximum atomic E-state index is 12.2. The lowest BCUT2D eigenvalue weighted by atomic mass is 9.89. The van der Waals surface area contributed by atoms with E-state index in [-0.39, 0.29) is 17.2 Å². The second-order valence-corrected chi connectivity index (χ2v) is 7.29. The summed E-state index contributed by atoms with van der Waals surface area (Å²) < 4.78 is 10.6. The van der Waals surface area contributed by atoms with E-state index in [0.29, 0.717) is 24.3 Å². The van der Waals surface area contributed by atoms with Gasteiger partial charge in [0.25, 0.3) is 0 Å². The van der Waals surface area contributed by atoms with E-state index in [0.717, 1.165) is 25.7 Å². The summed E-state index contributed by atoms with van der Waals surface area (Å²) in [5.41, 5.74) is 0.717. The smallest absolute Gasteiger partial charge is 0.338 e. The van der Waals surface area contributed by atoms with Crippen LogP contribution in [0.1, 0.15) is 60.2 Å². The minimum absolute atomic E-state index is 0.0731. The molecule has 2 unspecified atom stereocenters. The molecule has 0 bridgehead atoms. The van der Waals surface area contributed by atoms with Gasteiger partial charge in [0.05, 0.1) is 24.3 Å². The van der Waals surface area contributed by atoms with Gasteiger partial charge in [-0.3, -0.25) is 0 Å². The number of hydrogen-bond donors (Lipinski definition) is 0. The zero-order chi connectivity index (χ0) is 17.5. The summed E-state index contributed by atoms with van der Waals surface area (Å²) in [6, 6.07) is 6.45. The fourth-order valence-electron chi connectivity index (χ4n) is 2.72. The van der Waals surface area contributed by atoms with Crippen molar-refractivity contribution in [3.05, 3.63) is 35.4 Å². The molecule has 4 nitrogen and oxygen atoms in total. The van der Waals surface area contributed by atoms with Crippen molar-refractivity contribution in [1.82, 2.24) is 0 Å². The van der Waals surface area contributed by atoms with Crippen LogP contribution < -0.4 is 0 Å². The molecule has 5 heteroatoms. The third-order valence-corrected chi connectivity index (χ3v) is 4.70. The second kappa shape index (κ2) is 9.07. The summed E-state index contributed by atoms with van der Waals surface area (Å²) in [6.45, 7) is 4.62. The number of carbonyl (C=O) groups excluding carboxylic acids is 2. The van der Waals surface area contributed by atoms with Crippen molar-refractivity contribution >= 4 is 23.5 Å². The number of carbonyl (C=O) groups is 2. The topological polar surface area (TPSA) is 52.6 Å². The zero-order valence-corrected chi connectivity index (χ0v) is 15.1. The summed E-state index contributed by atoms with van der Waals surface area (Å²) >= 11 is 6.29. The van der Waals surface area contributed by atoms with E-state index < -0.39 is 11.9 Å². The fraction of sp³-hybridized carbons (Fsp3) is 0.579. The number of hydrogen-bond acceptors (Lipinski definition) is 4. The van der Waals surface area contributed by atoms with Crippen LogP contribution in [0.25, 0.3) is 0 Å². The molecule has 0 radical (unpaired) electrons. The lowest BCUT2D eigenvalue weighted by Crippen LogP contribution is -2.25. The van der Waals surface area contributed by atoms with Crippen LogP contribution in [0.15, 0.2) is 24.3 Å². The monoisotopic (exact) mass is 352 g/mol. The molecule has 0 spiro atoms. The number of rotatable bonds is 6. The Bertz CT molecular complexity index is 570. The van der Waals surface area contributed by atoms with Crippen LogP contribution in [0.4, 0.5) is 0 Å². The van der Waals surface area contributed by atoms with Gasteiger partial charge in [-0.2, -0.15) is 0 Å². The first kappa shape index (κ1) is 18.8. The summed E-state index contributed by atoms with van der Waals surface area (Å²) in [5.74, 6) is -0.376. The van der Waals surface area contributed by atoms with Crippen LogP contribution in [-0.2, 0) is 9.47 Å². The first-order chi connectivity index (χ1) is 11.5. The van der Waals surface area contributed by atoms with E-state index >= 15 is 0 Å². The first-order valence-corrected chi connectivity index (χ1v) is 8.99. The Morgan fingerprint density at radius 3 is 2.38 bits per heavy atom. The molecule has 0 aliphatic heterocycles. The van der Waals surface area contributed by atoms with Gasteiger partial charge in [0.1, 0.15) is 0 Å². The minimum atomic E-state index is -0.428. The Kier molecular flexibility index (Phi) is 7.10. The molecule has 2 rings (SSSR count). The average Bonchev–Trinajstić information content (AvgIpc) is 2.58. The number of alkyl halides is 1. The Balaban J connectivity index is 1.92. The van der Waals surface area contributed by atoms with Crippen molar-refractivity contribution in [1.29, 1.82) is 0 Å². The zero-order valence-electron chi connectivity index (χ0n) is 14.3. The third kappa shape index (κ3) is 5.52. The van der Waals surface area contributed by atoms with E-state index in [2.05, 4.69) is 0 Å². The van der Waals surface area contributed by atoms with Crippen molar-refractivity contribution < 1.29 is 19.1 Å². The summed E-state index contributed by atoms with van der Waals surface area (Å²) in [5, 5.41) is 0.0731. The molecule has 0 saturated heterocycles. The lowest BCUT2D eigenvalue weighted by Gasteiger charge is -2.26. The maximum absolute atomic E-state index is 12.2. The van der Waals surface area contributed by atoms with Crippen LogP contribution in [-0.4, -0.2) is 30.5 Å².